The van der Waals surface area contributed by atoms with Gasteiger partial charge >= 0.3 is 0 Å². The fourth-order valence-corrected chi connectivity index (χ4v) is 2.85. The maximum atomic E-state index is 14.2. The standard InChI is InChI=1S/C16H25FN2O/c1-12(18)10-13-6-5-8-15(17)16(13)19(2)11-14-7-3-4-9-20-14/h5-6,8,12,14H,3-4,7,9-11,18H2,1-2H3. The molecule has 1 aromatic rings. The van der Waals surface area contributed by atoms with Gasteiger partial charge in [0.25, 0.3) is 0 Å². The number of benzene rings is 1. The van der Waals surface area contributed by atoms with E-state index in [9.17, 15) is 4.39 Å². The van der Waals surface area contributed by atoms with Crippen molar-refractivity contribution < 1.29 is 9.13 Å². The SMILES string of the molecule is CC(N)Cc1cccc(F)c1N(C)CC1CCCCO1. The van der Waals surface area contributed by atoms with Gasteiger partial charge in [-0.25, -0.2) is 4.39 Å². The van der Waals surface area contributed by atoms with E-state index in [0.29, 0.717) is 12.1 Å². The molecule has 2 rings (SSSR count). The lowest BCUT2D eigenvalue weighted by atomic mass is 10.0. The molecule has 0 spiro atoms. The zero-order valence-corrected chi connectivity index (χ0v) is 12.4. The molecule has 20 heavy (non-hydrogen) atoms. The van der Waals surface area contributed by atoms with E-state index in [1.165, 1.54) is 12.5 Å². The third-order valence-electron chi connectivity index (χ3n) is 3.75. The van der Waals surface area contributed by atoms with Gasteiger partial charge in [0.1, 0.15) is 5.82 Å². The number of nitrogens with zero attached hydrogens (tertiary/aromatic N) is 1. The average molecular weight is 280 g/mol. The van der Waals surface area contributed by atoms with Gasteiger partial charge in [-0.15, -0.1) is 0 Å². The fourth-order valence-electron chi connectivity index (χ4n) is 2.85. The first kappa shape index (κ1) is 15.3. The molecule has 1 saturated heterocycles. The van der Waals surface area contributed by atoms with Gasteiger partial charge in [-0.05, 0) is 44.2 Å². The number of nitrogens with two attached hydrogens (primary N) is 1. The number of rotatable bonds is 5. The molecule has 3 nitrogen and oxygen atoms in total. The van der Waals surface area contributed by atoms with Crippen LogP contribution in [0.1, 0.15) is 31.7 Å². The molecule has 1 aliphatic heterocycles. The summed E-state index contributed by atoms with van der Waals surface area (Å²) in [6.45, 7) is 3.49. The average Bonchev–Trinajstić information content (AvgIpc) is 2.39. The van der Waals surface area contributed by atoms with E-state index in [-0.39, 0.29) is 18.0 Å². The van der Waals surface area contributed by atoms with Gasteiger partial charge in [-0.3, -0.25) is 0 Å². The van der Waals surface area contributed by atoms with Crippen molar-refractivity contribution in [1.29, 1.82) is 0 Å². The van der Waals surface area contributed by atoms with Gasteiger partial charge < -0.3 is 15.4 Å². The molecule has 0 bridgehead atoms. The van der Waals surface area contributed by atoms with Crippen molar-refractivity contribution in [3.8, 4) is 0 Å². The molecular formula is C16H25FN2O. The molecule has 0 radical (unpaired) electrons. The lowest BCUT2D eigenvalue weighted by molar-refractivity contribution is 0.0215. The highest BCUT2D eigenvalue weighted by Crippen LogP contribution is 2.26. The first-order chi connectivity index (χ1) is 9.58. The van der Waals surface area contributed by atoms with Crippen LogP contribution in [0.2, 0.25) is 0 Å². The second-order valence-electron chi connectivity index (χ2n) is 5.80. The Balaban J connectivity index is 2.12. The highest BCUT2D eigenvalue weighted by atomic mass is 19.1. The molecule has 2 N–H and O–H groups in total. The minimum Gasteiger partial charge on any atom is -0.376 e. The topological polar surface area (TPSA) is 38.5 Å². The van der Waals surface area contributed by atoms with Crippen molar-refractivity contribution in [2.75, 3.05) is 25.1 Å². The maximum absolute atomic E-state index is 14.2. The first-order valence-electron chi connectivity index (χ1n) is 7.43. The van der Waals surface area contributed by atoms with Crippen LogP contribution in [-0.2, 0) is 11.2 Å². The van der Waals surface area contributed by atoms with Crippen LogP contribution < -0.4 is 10.6 Å². The van der Waals surface area contributed by atoms with Crippen molar-refractivity contribution in [3.05, 3.63) is 29.6 Å². The normalized spacial score (nSPS) is 20.7. The van der Waals surface area contributed by atoms with Crippen LogP contribution in [-0.4, -0.2) is 32.3 Å². The molecule has 112 valence electrons. The lowest BCUT2D eigenvalue weighted by Crippen LogP contribution is -2.34. The highest BCUT2D eigenvalue weighted by Gasteiger charge is 2.20. The monoisotopic (exact) mass is 280 g/mol. The summed E-state index contributed by atoms with van der Waals surface area (Å²) in [7, 11) is 1.93. The fraction of sp³-hybridized carbons (Fsp3) is 0.625. The Bertz CT molecular complexity index is 430. The van der Waals surface area contributed by atoms with E-state index in [4.69, 9.17) is 10.5 Å². The second-order valence-corrected chi connectivity index (χ2v) is 5.80. The van der Waals surface area contributed by atoms with E-state index in [0.717, 1.165) is 31.6 Å². The lowest BCUT2D eigenvalue weighted by Gasteiger charge is -2.30. The van der Waals surface area contributed by atoms with Gasteiger partial charge in [-0.2, -0.15) is 0 Å². The minimum atomic E-state index is -0.179. The number of para-hydroxylation sites is 1. The Hall–Kier alpha value is -1.13. The van der Waals surface area contributed by atoms with E-state index < -0.39 is 0 Å². The van der Waals surface area contributed by atoms with E-state index in [2.05, 4.69) is 0 Å². The van der Waals surface area contributed by atoms with Gasteiger partial charge in [-0.1, -0.05) is 12.1 Å². The molecule has 0 amide bonds. The van der Waals surface area contributed by atoms with Crippen molar-refractivity contribution in [1.82, 2.24) is 0 Å². The van der Waals surface area contributed by atoms with Crippen molar-refractivity contribution in [2.45, 2.75) is 44.8 Å². The molecule has 1 fully saturated rings. The summed E-state index contributed by atoms with van der Waals surface area (Å²) in [6.07, 6.45) is 4.28. The van der Waals surface area contributed by atoms with Crippen LogP contribution in [0.15, 0.2) is 18.2 Å². The number of anilines is 1. The smallest absolute Gasteiger partial charge is 0.146 e. The van der Waals surface area contributed by atoms with Crippen molar-refractivity contribution in [3.63, 3.8) is 0 Å². The summed E-state index contributed by atoms with van der Waals surface area (Å²) in [5, 5.41) is 0. The summed E-state index contributed by atoms with van der Waals surface area (Å²) < 4.78 is 19.9. The number of likely N-dealkylation sites (N-methyl/N-ethyl adjacent to an activating group) is 1. The van der Waals surface area contributed by atoms with Gasteiger partial charge in [0.2, 0.25) is 0 Å². The molecule has 1 aromatic carbocycles. The van der Waals surface area contributed by atoms with E-state index >= 15 is 0 Å². The molecular weight excluding hydrogens is 255 g/mol. The molecule has 1 aliphatic rings. The van der Waals surface area contributed by atoms with Crippen LogP contribution >= 0.6 is 0 Å². The summed E-state index contributed by atoms with van der Waals surface area (Å²) in [6, 6.07) is 5.25. The molecule has 2 unspecified atom stereocenters. The predicted molar refractivity (Wildman–Crippen MR) is 80.6 cm³/mol. The summed E-state index contributed by atoms with van der Waals surface area (Å²) in [5.41, 5.74) is 7.50. The van der Waals surface area contributed by atoms with Crippen molar-refractivity contribution in [2.24, 2.45) is 5.73 Å². The quantitative estimate of drug-likeness (QED) is 0.901. The number of halogens is 1. The first-order valence-corrected chi connectivity index (χ1v) is 7.43. The molecule has 0 aromatic heterocycles. The molecule has 4 heteroatoms. The second kappa shape index (κ2) is 7.04. The van der Waals surface area contributed by atoms with Crippen LogP contribution in [0.4, 0.5) is 10.1 Å². The zero-order valence-electron chi connectivity index (χ0n) is 12.4. The number of hydrogen-bond donors (Lipinski definition) is 1. The van der Waals surface area contributed by atoms with E-state index in [1.807, 2.05) is 24.9 Å². The third kappa shape index (κ3) is 3.93. The van der Waals surface area contributed by atoms with Crippen LogP contribution in [0.25, 0.3) is 0 Å². The predicted octanol–water partition coefficient (Wildman–Crippen LogP) is 2.72. The summed E-state index contributed by atoms with van der Waals surface area (Å²) in [4.78, 5) is 1.98. The van der Waals surface area contributed by atoms with Crippen LogP contribution in [0.5, 0.6) is 0 Å². The zero-order chi connectivity index (χ0) is 14.5. The largest absolute Gasteiger partial charge is 0.376 e. The Morgan fingerprint density at radius 3 is 2.90 bits per heavy atom. The Morgan fingerprint density at radius 1 is 1.45 bits per heavy atom. The van der Waals surface area contributed by atoms with Crippen LogP contribution in [0, 0.1) is 5.82 Å². The number of hydrogen-bond acceptors (Lipinski definition) is 3. The van der Waals surface area contributed by atoms with Crippen molar-refractivity contribution >= 4 is 5.69 Å². The Labute approximate surface area is 120 Å². The molecule has 2 atom stereocenters. The van der Waals surface area contributed by atoms with Gasteiger partial charge in [0, 0.05) is 26.2 Å². The number of ether oxygens (including phenoxy) is 1. The third-order valence-corrected chi connectivity index (χ3v) is 3.75. The Kier molecular flexibility index (Phi) is 5.38. The van der Waals surface area contributed by atoms with E-state index in [1.54, 1.807) is 6.07 Å². The molecule has 0 aliphatic carbocycles. The summed E-state index contributed by atoms with van der Waals surface area (Å²) in [5.74, 6) is -0.179. The van der Waals surface area contributed by atoms with Gasteiger partial charge in [0.05, 0.1) is 11.8 Å². The van der Waals surface area contributed by atoms with Gasteiger partial charge in [0.15, 0.2) is 0 Å². The molecule has 0 saturated carbocycles. The highest BCUT2D eigenvalue weighted by molar-refractivity contribution is 5.54. The van der Waals surface area contributed by atoms with Crippen LogP contribution in [0.3, 0.4) is 0 Å². The summed E-state index contributed by atoms with van der Waals surface area (Å²) >= 11 is 0. The minimum absolute atomic E-state index is 0.0230. The maximum Gasteiger partial charge on any atom is 0.146 e. The molecule has 1 heterocycles. The Morgan fingerprint density at radius 2 is 2.25 bits per heavy atom.